The van der Waals surface area contributed by atoms with Gasteiger partial charge in [0.1, 0.15) is 0 Å². The molecule has 2 atom stereocenters. The Morgan fingerprint density at radius 2 is 1.30 bits per heavy atom. The van der Waals surface area contributed by atoms with Gasteiger partial charge in [-0.3, -0.25) is 0 Å². The van der Waals surface area contributed by atoms with Crippen LogP contribution in [0, 0.1) is 17.3 Å². The summed E-state index contributed by atoms with van der Waals surface area (Å²) in [6, 6.07) is 0. The fraction of sp³-hybridized carbons (Fsp3) is 0.579. The van der Waals surface area contributed by atoms with Gasteiger partial charge in [-0.2, -0.15) is 0 Å². The summed E-state index contributed by atoms with van der Waals surface area (Å²) in [5.41, 5.74) is 6.81. The molecule has 0 bridgehead atoms. The summed E-state index contributed by atoms with van der Waals surface area (Å²) < 4.78 is 3.71. The summed E-state index contributed by atoms with van der Waals surface area (Å²) in [4.78, 5) is 0. The van der Waals surface area contributed by atoms with Gasteiger partial charge in [0.15, 0.2) is 0 Å². The first-order valence-corrected chi connectivity index (χ1v) is 9.61. The summed E-state index contributed by atoms with van der Waals surface area (Å²) >= 11 is -0.0820. The molecule has 0 saturated heterocycles. The SMILES string of the molecule is CCC1C=C(C)C2=[C]1[Ti][C]1=C(C(C)=CC1CC)C2(C)C. The molecule has 0 fully saturated rings. The van der Waals surface area contributed by atoms with Gasteiger partial charge < -0.3 is 0 Å². The Bertz CT molecular complexity index is 531. The molecule has 0 spiro atoms. The molecule has 3 rings (SSSR count). The summed E-state index contributed by atoms with van der Waals surface area (Å²) in [7, 11) is 0. The molecule has 0 amide bonds. The molecule has 1 heteroatoms. The minimum absolute atomic E-state index is 0.0820. The maximum atomic E-state index is 2.55. The average molecular weight is 302 g/mol. The van der Waals surface area contributed by atoms with Crippen molar-refractivity contribution in [3.63, 3.8) is 0 Å². The third-order valence-corrected chi connectivity index (χ3v) is 8.15. The van der Waals surface area contributed by atoms with Crippen molar-refractivity contribution < 1.29 is 19.2 Å². The molecule has 2 aliphatic carbocycles. The van der Waals surface area contributed by atoms with E-state index in [4.69, 9.17) is 0 Å². The molecule has 20 heavy (non-hydrogen) atoms. The van der Waals surface area contributed by atoms with Crippen LogP contribution in [0.1, 0.15) is 54.4 Å². The van der Waals surface area contributed by atoms with Crippen molar-refractivity contribution in [2.45, 2.75) is 54.4 Å². The Hall–Kier alpha value is -0.326. The number of hydrogen-bond donors (Lipinski definition) is 0. The van der Waals surface area contributed by atoms with Crippen molar-refractivity contribution in [3.05, 3.63) is 42.2 Å². The van der Waals surface area contributed by atoms with Crippen LogP contribution in [0.15, 0.2) is 42.2 Å². The van der Waals surface area contributed by atoms with Crippen molar-refractivity contribution in [2.75, 3.05) is 0 Å². The van der Waals surface area contributed by atoms with E-state index in [0.717, 1.165) is 11.8 Å². The van der Waals surface area contributed by atoms with E-state index in [0.29, 0.717) is 0 Å². The second-order valence-electron chi connectivity index (χ2n) is 7.06. The van der Waals surface area contributed by atoms with Crippen molar-refractivity contribution >= 4 is 0 Å². The quantitative estimate of drug-likeness (QED) is 0.583. The van der Waals surface area contributed by atoms with Gasteiger partial charge in [-0.05, 0) is 0 Å². The Kier molecular flexibility index (Phi) is 3.54. The van der Waals surface area contributed by atoms with Gasteiger partial charge in [-0.25, -0.2) is 0 Å². The summed E-state index contributed by atoms with van der Waals surface area (Å²) in [5, 5.41) is 0. The summed E-state index contributed by atoms with van der Waals surface area (Å²) in [6.45, 7) is 14.3. The van der Waals surface area contributed by atoms with Gasteiger partial charge in [0.25, 0.3) is 0 Å². The summed E-state index contributed by atoms with van der Waals surface area (Å²) in [5.74, 6) is 1.49. The van der Waals surface area contributed by atoms with E-state index in [2.05, 4.69) is 53.7 Å². The second kappa shape index (κ2) is 4.85. The Morgan fingerprint density at radius 3 is 1.65 bits per heavy atom. The Labute approximate surface area is 133 Å². The molecule has 0 aromatic carbocycles. The first-order valence-electron chi connectivity index (χ1n) is 8.05. The van der Waals surface area contributed by atoms with Crippen molar-refractivity contribution in [1.29, 1.82) is 0 Å². The van der Waals surface area contributed by atoms with E-state index < -0.39 is 0 Å². The van der Waals surface area contributed by atoms with Crippen LogP contribution in [0.4, 0.5) is 0 Å². The predicted octanol–water partition coefficient (Wildman–Crippen LogP) is 5.59. The van der Waals surface area contributed by atoms with Crippen LogP contribution in [0.5, 0.6) is 0 Å². The Balaban J connectivity index is 2.13. The Morgan fingerprint density at radius 1 is 0.900 bits per heavy atom. The zero-order chi connectivity index (χ0) is 14.7. The monoisotopic (exact) mass is 302 g/mol. The topological polar surface area (TPSA) is 0 Å². The third kappa shape index (κ3) is 1.84. The molecule has 0 nitrogen and oxygen atoms in total. The van der Waals surface area contributed by atoms with Crippen molar-refractivity contribution in [2.24, 2.45) is 17.3 Å². The second-order valence-corrected chi connectivity index (χ2v) is 9.13. The zero-order valence-corrected chi connectivity index (χ0v) is 15.3. The van der Waals surface area contributed by atoms with Crippen LogP contribution in [0.2, 0.25) is 0 Å². The average Bonchev–Trinajstić information content (AvgIpc) is 2.88. The number of hydrogen-bond acceptors (Lipinski definition) is 0. The zero-order valence-electron chi connectivity index (χ0n) is 13.7. The minimum atomic E-state index is -0.0820. The molecule has 0 saturated carbocycles. The van der Waals surface area contributed by atoms with E-state index in [-0.39, 0.29) is 24.6 Å². The van der Waals surface area contributed by atoms with Gasteiger partial charge in [0.2, 0.25) is 0 Å². The molecule has 1 aliphatic heterocycles. The first-order chi connectivity index (χ1) is 9.41. The van der Waals surface area contributed by atoms with Gasteiger partial charge in [-0.1, -0.05) is 0 Å². The molecule has 0 aromatic rings. The van der Waals surface area contributed by atoms with Crippen LogP contribution in [-0.4, -0.2) is 0 Å². The number of rotatable bonds is 2. The molecule has 3 aliphatic rings. The van der Waals surface area contributed by atoms with Crippen LogP contribution in [0.25, 0.3) is 0 Å². The van der Waals surface area contributed by atoms with E-state index in [1.54, 1.807) is 22.3 Å². The normalized spacial score (nSPS) is 30.9. The van der Waals surface area contributed by atoms with Crippen LogP contribution < -0.4 is 0 Å². The molecule has 0 radical (unpaired) electrons. The van der Waals surface area contributed by atoms with Crippen molar-refractivity contribution in [3.8, 4) is 0 Å². The van der Waals surface area contributed by atoms with Crippen LogP contribution in [-0.2, 0) is 19.2 Å². The molecular formula is C19H26Ti. The molecule has 0 N–H and O–H groups in total. The van der Waals surface area contributed by atoms with E-state index in [9.17, 15) is 0 Å². The molecule has 1 heterocycles. The van der Waals surface area contributed by atoms with Crippen LogP contribution >= 0.6 is 0 Å². The first kappa shape index (κ1) is 14.6. The van der Waals surface area contributed by atoms with E-state index >= 15 is 0 Å². The standard InChI is InChI=1S/C19H26.Ti/c1-7-15-9-13(3)17(11-15)19(5,6)18-12-16(8-2)10-14(18)4;/h9-10,15-16H,7-8H2,1-6H3;. The molecule has 2 unspecified atom stereocenters. The van der Waals surface area contributed by atoms with Gasteiger partial charge in [-0.15, -0.1) is 0 Å². The third-order valence-electron chi connectivity index (χ3n) is 5.37. The van der Waals surface area contributed by atoms with Gasteiger partial charge in [0.05, 0.1) is 0 Å². The molecule has 106 valence electrons. The van der Waals surface area contributed by atoms with E-state index in [1.165, 1.54) is 12.8 Å². The molecule has 0 aromatic heterocycles. The van der Waals surface area contributed by atoms with Crippen LogP contribution in [0.3, 0.4) is 0 Å². The maximum absolute atomic E-state index is 2.55. The fourth-order valence-electron chi connectivity index (χ4n) is 4.62. The van der Waals surface area contributed by atoms with Gasteiger partial charge >= 0.3 is 133 Å². The number of allylic oxidation sites excluding steroid dienone is 8. The molecular weight excluding hydrogens is 276 g/mol. The van der Waals surface area contributed by atoms with E-state index in [1.807, 2.05) is 7.76 Å². The predicted molar refractivity (Wildman–Crippen MR) is 82.9 cm³/mol. The van der Waals surface area contributed by atoms with Gasteiger partial charge in [0, 0.05) is 0 Å². The fourth-order valence-corrected chi connectivity index (χ4v) is 8.53. The van der Waals surface area contributed by atoms with Crippen molar-refractivity contribution in [1.82, 2.24) is 0 Å². The summed E-state index contributed by atoms with van der Waals surface area (Å²) in [6.07, 6.45) is 7.67.